The Kier molecular flexibility index (Phi) is 6.14. The van der Waals surface area contributed by atoms with Crippen molar-refractivity contribution in [2.75, 3.05) is 31.7 Å². The largest absolute Gasteiger partial charge is 0.389 e. The predicted molar refractivity (Wildman–Crippen MR) is 78.0 cm³/mol. The standard InChI is InChI=1S/C14H20N2O4/c1-4-7-15(8-9-20-3)13-6-5-12(11(2)17)10-14(13)16(18)19/h4-6,10-11,17H,1,7-9H2,2-3H3/t11-/m0/s1. The first-order chi connectivity index (χ1) is 9.51. The zero-order valence-corrected chi connectivity index (χ0v) is 11.8. The highest BCUT2D eigenvalue weighted by Crippen LogP contribution is 2.31. The third-order valence-electron chi connectivity index (χ3n) is 2.93. The van der Waals surface area contributed by atoms with Gasteiger partial charge in [-0.2, -0.15) is 0 Å². The van der Waals surface area contributed by atoms with Gasteiger partial charge >= 0.3 is 0 Å². The van der Waals surface area contributed by atoms with Gasteiger partial charge in [-0.15, -0.1) is 6.58 Å². The number of nitro groups is 1. The van der Waals surface area contributed by atoms with E-state index in [1.54, 1.807) is 32.2 Å². The van der Waals surface area contributed by atoms with E-state index >= 15 is 0 Å². The van der Waals surface area contributed by atoms with Crippen LogP contribution in [0.3, 0.4) is 0 Å². The molecule has 0 radical (unpaired) electrons. The molecule has 6 nitrogen and oxygen atoms in total. The summed E-state index contributed by atoms with van der Waals surface area (Å²) in [6, 6.07) is 4.75. The number of anilines is 1. The monoisotopic (exact) mass is 280 g/mol. The zero-order valence-electron chi connectivity index (χ0n) is 11.8. The van der Waals surface area contributed by atoms with E-state index in [-0.39, 0.29) is 5.69 Å². The van der Waals surface area contributed by atoms with Crippen LogP contribution < -0.4 is 4.90 Å². The van der Waals surface area contributed by atoms with Crippen LogP contribution in [0.2, 0.25) is 0 Å². The molecule has 0 aromatic heterocycles. The van der Waals surface area contributed by atoms with Gasteiger partial charge in [0.05, 0.1) is 17.6 Å². The quantitative estimate of drug-likeness (QED) is 0.449. The minimum Gasteiger partial charge on any atom is -0.389 e. The van der Waals surface area contributed by atoms with Crippen LogP contribution in [0, 0.1) is 10.1 Å². The van der Waals surface area contributed by atoms with Gasteiger partial charge in [-0.3, -0.25) is 10.1 Å². The number of hydrogen-bond donors (Lipinski definition) is 1. The van der Waals surface area contributed by atoms with E-state index in [1.165, 1.54) is 6.07 Å². The molecule has 0 aliphatic heterocycles. The van der Waals surface area contributed by atoms with E-state index in [4.69, 9.17) is 4.74 Å². The summed E-state index contributed by atoms with van der Waals surface area (Å²) in [7, 11) is 1.58. The van der Waals surface area contributed by atoms with Crippen molar-refractivity contribution in [3.05, 3.63) is 46.5 Å². The smallest absolute Gasteiger partial charge is 0.292 e. The van der Waals surface area contributed by atoms with E-state index in [2.05, 4.69) is 6.58 Å². The zero-order chi connectivity index (χ0) is 15.1. The molecule has 0 aliphatic rings. The summed E-state index contributed by atoms with van der Waals surface area (Å²) < 4.78 is 5.02. The van der Waals surface area contributed by atoms with Crippen molar-refractivity contribution in [1.82, 2.24) is 0 Å². The molecule has 1 aromatic carbocycles. The average molecular weight is 280 g/mol. The third kappa shape index (κ3) is 4.04. The van der Waals surface area contributed by atoms with Gasteiger partial charge in [-0.25, -0.2) is 0 Å². The van der Waals surface area contributed by atoms with Crippen LogP contribution >= 0.6 is 0 Å². The van der Waals surface area contributed by atoms with Crippen molar-refractivity contribution in [3.63, 3.8) is 0 Å². The average Bonchev–Trinajstić information content (AvgIpc) is 2.42. The SMILES string of the molecule is C=CCN(CCOC)c1ccc([C@H](C)O)cc1[N+](=O)[O-]. The van der Waals surface area contributed by atoms with Crippen molar-refractivity contribution in [2.45, 2.75) is 13.0 Å². The predicted octanol–water partition coefficient (Wildman–Crippen LogP) is 2.29. The lowest BCUT2D eigenvalue weighted by atomic mass is 10.1. The molecule has 0 unspecified atom stereocenters. The van der Waals surface area contributed by atoms with Gasteiger partial charge in [0.2, 0.25) is 0 Å². The summed E-state index contributed by atoms with van der Waals surface area (Å²) in [5, 5.41) is 20.8. The van der Waals surface area contributed by atoms with Crippen LogP contribution in [-0.2, 0) is 4.74 Å². The Morgan fingerprint density at radius 2 is 2.30 bits per heavy atom. The van der Waals surface area contributed by atoms with Gasteiger partial charge in [0.25, 0.3) is 5.69 Å². The van der Waals surface area contributed by atoms with Crippen LogP contribution in [0.15, 0.2) is 30.9 Å². The van der Waals surface area contributed by atoms with Gasteiger partial charge in [0.15, 0.2) is 0 Å². The van der Waals surface area contributed by atoms with Gasteiger partial charge in [0.1, 0.15) is 5.69 Å². The molecule has 0 fully saturated rings. The number of nitrogens with zero attached hydrogens (tertiary/aromatic N) is 2. The summed E-state index contributed by atoms with van der Waals surface area (Å²) in [6.45, 7) is 6.71. The fourth-order valence-electron chi connectivity index (χ4n) is 1.88. The van der Waals surface area contributed by atoms with E-state index in [1.807, 2.05) is 4.90 Å². The highest BCUT2D eigenvalue weighted by molar-refractivity contribution is 5.64. The lowest BCUT2D eigenvalue weighted by Gasteiger charge is -2.23. The van der Waals surface area contributed by atoms with Gasteiger partial charge < -0.3 is 14.7 Å². The first-order valence-corrected chi connectivity index (χ1v) is 6.32. The molecule has 1 rings (SSSR count). The molecule has 0 saturated carbocycles. The fraction of sp³-hybridized carbons (Fsp3) is 0.429. The maximum absolute atomic E-state index is 11.2. The summed E-state index contributed by atoms with van der Waals surface area (Å²) >= 11 is 0. The molecule has 1 aromatic rings. The Labute approximate surface area is 118 Å². The summed E-state index contributed by atoms with van der Waals surface area (Å²) in [6.07, 6.45) is 0.941. The Balaban J connectivity index is 3.18. The van der Waals surface area contributed by atoms with Crippen LogP contribution in [0.5, 0.6) is 0 Å². The molecule has 0 amide bonds. The van der Waals surface area contributed by atoms with Crippen LogP contribution in [0.4, 0.5) is 11.4 Å². The second-order valence-corrected chi connectivity index (χ2v) is 4.41. The maximum atomic E-state index is 11.2. The number of benzene rings is 1. The Hall–Kier alpha value is -1.92. The van der Waals surface area contributed by atoms with E-state index in [0.29, 0.717) is 30.9 Å². The first kappa shape index (κ1) is 16.1. The number of methoxy groups -OCH3 is 1. The number of aliphatic hydroxyl groups is 1. The van der Waals surface area contributed by atoms with Crippen molar-refractivity contribution in [2.24, 2.45) is 0 Å². The Bertz CT molecular complexity index is 474. The molecule has 1 atom stereocenters. The van der Waals surface area contributed by atoms with Crippen LogP contribution in [-0.4, -0.2) is 36.8 Å². The maximum Gasteiger partial charge on any atom is 0.292 e. The Morgan fingerprint density at radius 1 is 1.60 bits per heavy atom. The summed E-state index contributed by atoms with van der Waals surface area (Å²) in [4.78, 5) is 12.6. The second-order valence-electron chi connectivity index (χ2n) is 4.41. The molecule has 1 N–H and O–H groups in total. The normalized spacial score (nSPS) is 11.9. The number of ether oxygens (including phenoxy) is 1. The highest BCUT2D eigenvalue weighted by atomic mass is 16.6. The number of hydrogen-bond acceptors (Lipinski definition) is 5. The summed E-state index contributed by atoms with van der Waals surface area (Å²) in [5.74, 6) is 0. The number of rotatable bonds is 8. The van der Waals surface area contributed by atoms with Crippen molar-refractivity contribution >= 4 is 11.4 Å². The lowest BCUT2D eigenvalue weighted by Crippen LogP contribution is -2.28. The number of aliphatic hydroxyl groups excluding tert-OH is 1. The Morgan fingerprint density at radius 3 is 2.80 bits per heavy atom. The molecular weight excluding hydrogens is 260 g/mol. The van der Waals surface area contributed by atoms with Crippen molar-refractivity contribution in [1.29, 1.82) is 0 Å². The molecule has 0 aliphatic carbocycles. The van der Waals surface area contributed by atoms with Crippen molar-refractivity contribution < 1.29 is 14.8 Å². The van der Waals surface area contributed by atoms with E-state index in [0.717, 1.165) is 0 Å². The second kappa shape index (κ2) is 7.62. The van der Waals surface area contributed by atoms with Gasteiger partial charge in [0, 0.05) is 26.3 Å². The molecule has 110 valence electrons. The topological polar surface area (TPSA) is 75.8 Å². The molecule has 0 saturated heterocycles. The van der Waals surface area contributed by atoms with Crippen LogP contribution in [0.1, 0.15) is 18.6 Å². The molecular formula is C14H20N2O4. The molecule has 0 heterocycles. The molecule has 0 bridgehead atoms. The van der Waals surface area contributed by atoms with Crippen molar-refractivity contribution in [3.8, 4) is 0 Å². The minimum absolute atomic E-state index is 0.0265. The van der Waals surface area contributed by atoms with Gasteiger partial charge in [-0.1, -0.05) is 12.1 Å². The molecule has 20 heavy (non-hydrogen) atoms. The highest BCUT2D eigenvalue weighted by Gasteiger charge is 2.20. The van der Waals surface area contributed by atoms with E-state index < -0.39 is 11.0 Å². The minimum atomic E-state index is -0.741. The lowest BCUT2D eigenvalue weighted by molar-refractivity contribution is -0.384. The van der Waals surface area contributed by atoms with E-state index in [9.17, 15) is 15.2 Å². The molecule has 0 spiro atoms. The van der Waals surface area contributed by atoms with Gasteiger partial charge in [-0.05, 0) is 18.6 Å². The first-order valence-electron chi connectivity index (χ1n) is 6.32. The van der Waals surface area contributed by atoms with Crippen LogP contribution in [0.25, 0.3) is 0 Å². The number of nitro benzene ring substituents is 1. The summed E-state index contributed by atoms with van der Waals surface area (Å²) in [5.41, 5.74) is 0.989. The fourth-order valence-corrected chi connectivity index (χ4v) is 1.88. The third-order valence-corrected chi connectivity index (χ3v) is 2.93. The molecule has 6 heteroatoms.